The first kappa shape index (κ1) is 14.3. The van der Waals surface area contributed by atoms with Gasteiger partial charge in [0.15, 0.2) is 0 Å². The summed E-state index contributed by atoms with van der Waals surface area (Å²) in [5.74, 6) is 0.419. The molecule has 0 spiro atoms. The third-order valence-electron chi connectivity index (χ3n) is 2.71. The van der Waals surface area contributed by atoms with Gasteiger partial charge in [-0.1, -0.05) is 44.9 Å². The van der Waals surface area contributed by atoms with Crippen molar-refractivity contribution >= 4 is 17.5 Å². The van der Waals surface area contributed by atoms with E-state index in [4.69, 9.17) is 0 Å². The van der Waals surface area contributed by atoms with Gasteiger partial charge < -0.3 is 0 Å². The number of unbranched alkanes of at least 4 members (excludes halogenated alkanes) is 1. The minimum Gasteiger partial charge on any atom is -0.298 e. The molecule has 2 heteroatoms. The normalized spacial score (nSPS) is 12.4. The molecule has 0 aliphatic heterocycles. The van der Waals surface area contributed by atoms with Crippen molar-refractivity contribution in [2.24, 2.45) is 0 Å². The van der Waals surface area contributed by atoms with E-state index in [2.05, 4.69) is 26.0 Å². The van der Waals surface area contributed by atoms with Gasteiger partial charge in [-0.3, -0.25) is 4.79 Å². The van der Waals surface area contributed by atoms with Crippen molar-refractivity contribution in [3.05, 3.63) is 30.3 Å². The van der Waals surface area contributed by atoms with E-state index in [1.807, 2.05) is 18.2 Å². The fourth-order valence-electron chi connectivity index (χ4n) is 1.72. The van der Waals surface area contributed by atoms with Crippen LogP contribution in [0, 0.1) is 0 Å². The Morgan fingerprint density at radius 1 is 1.18 bits per heavy atom. The van der Waals surface area contributed by atoms with Gasteiger partial charge in [-0.25, -0.2) is 0 Å². The highest BCUT2D eigenvalue weighted by Gasteiger charge is 2.17. The van der Waals surface area contributed by atoms with Crippen LogP contribution in [0.2, 0.25) is 0 Å². The molecule has 1 aromatic carbocycles. The molecule has 0 aromatic heterocycles. The monoisotopic (exact) mass is 250 g/mol. The van der Waals surface area contributed by atoms with Crippen LogP contribution in [0.15, 0.2) is 35.2 Å². The number of carbonyl (C=O) groups is 1. The Morgan fingerprint density at radius 3 is 2.47 bits per heavy atom. The molecule has 0 saturated carbocycles. The van der Waals surface area contributed by atoms with Gasteiger partial charge in [0.25, 0.3) is 0 Å². The molecule has 1 aromatic rings. The molecule has 0 radical (unpaired) electrons. The minimum absolute atomic E-state index is 0.147. The summed E-state index contributed by atoms with van der Waals surface area (Å²) in [7, 11) is 0. The van der Waals surface area contributed by atoms with Crippen molar-refractivity contribution in [3.63, 3.8) is 0 Å². The van der Waals surface area contributed by atoms with Crippen LogP contribution >= 0.6 is 11.8 Å². The number of carbonyl (C=O) groups excluding carboxylic acids is 1. The average Bonchev–Trinajstić information content (AvgIpc) is 2.36. The van der Waals surface area contributed by atoms with Crippen LogP contribution in [0.25, 0.3) is 0 Å². The molecule has 0 aliphatic carbocycles. The lowest BCUT2D eigenvalue weighted by Gasteiger charge is -2.14. The number of hydrogen-bond donors (Lipinski definition) is 0. The van der Waals surface area contributed by atoms with Crippen LogP contribution in [-0.2, 0) is 4.79 Å². The Morgan fingerprint density at radius 2 is 1.88 bits per heavy atom. The van der Waals surface area contributed by atoms with Gasteiger partial charge in [-0.2, -0.15) is 0 Å². The fourth-order valence-corrected chi connectivity index (χ4v) is 2.97. The Kier molecular flexibility index (Phi) is 7.02. The molecule has 1 unspecified atom stereocenters. The molecule has 1 atom stereocenters. The van der Waals surface area contributed by atoms with E-state index >= 15 is 0 Å². The molecule has 0 fully saturated rings. The molecule has 17 heavy (non-hydrogen) atoms. The van der Waals surface area contributed by atoms with E-state index in [0.29, 0.717) is 5.78 Å². The van der Waals surface area contributed by atoms with Gasteiger partial charge in [0.2, 0.25) is 0 Å². The predicted octanol–water partition coefficient (Wildman–Crippen LogP) is 4.71. The lowest BCUT2D eigenvalue weighted by molar-refractivity contribution is -0.118. The van der Waals surface area contributed by atoms with Crippen LogP contribution in [0.3, 0.4) is 0 Å². The highest BCUT2D eigenvalue weighted by atomic mass is 32.2. The molecular formula is C15H22OS. The van der Waals surface area contributed by atoms with E-state index < -0.39 is 0 Å². The summed E-state index contributed by atoms with van der Waals surface area (Å²) in [5.41, 5.74) is 0. The highest BCUT2D eigenvalue weighted by molar-refractivity contribution is 8.00. The van der Waals surface area contributed by atoms with E-state index in [0.717, 1.165) is 32.1 Å². The maximum atomic E-state index is 12.1. The quantitative estimate of drug-likeness (QED) is 0.622. The topological polar surface area (TPSA) is 17.1 Å². The number of hydrogen-bond acceptors (Lipinski definition) is 2. The highest BCUT2D eigenvalue weighted by Crippen LogP contribution is 2.27. The maximum absolute atomic E-state index is 12.1. The van der Waals surface area contributed by atoms with Crippen LogP contribution in [0.1, 0.15) is 46.0 Å². The fraction of sp³-hybridized carbons (Fsp3) is 0.533. The van der Waals surface area contributed by atoms with Gasteiger partial charge in [0.05, 0.1) is 5.25 Å². The van der Waals surface area contributed by atoms with Crippen molar-refractivity contribution in [2.75, 3.05) is 0 Å². The van der Waals surface area contributed by atoms with Crippen molar-refractivity contribution in [3.8, 4) is 0 Å². The van der Waals surface area contributed by atoms with Crippen LogP contribution in [0.4, 0.5) is 0 Å². The van der Waals surface area contributed by atoms with Gasteiger partial charge in [-0.05, 0) is 25.0 Å². The average molecular weight is 250 g/mol. The molecule has 1 nitrogen and oxygen atoms in total. The van der Waals surface area contributed by atoms with E-state index in [-0.39, 0.29) is 5.25 Å². The molecule has 1 rings (SSSR count). The predicted molar refractivity (Wildman–Crippen MR) is 75.5 cm³/mol. The second-order valence-corrected chi connectivity index (χ2v) is 5.55. The van der Waals surface area contributed by atoms with Gasteiger partial charge in [0.1, 0.15) is 5.78 Å². The van der Waals surface area contributed by atoms with Gasteiger partial charge in [0, 0.05) is 11.3 Å². The van der Waals surface area contributed by atoms with Crippen LogP contribution in [-0.4, -0.2) is 11.0 Å². The summed E-state index contributed by atoms with van der Waals surface area (Å²) in [6.45, 7) is 4.28. The number of ketones is 1. The van der Waals surface area contributed by atoms with Gasteiger partial charge in [-0.15, -0.1) is 11.8 Å². The van der Waals surface area contributed by atoms with Crippen molar-refractivity contribution in [2.45, 2.75) is 56.1 Å². The summed E-state index contributed by atoms with van der Waals surface area (Å²) in [6.07, 6.45) is 4.92. The molecule has 0 heterocycles. The lowest BCUT2D eigenvalue weighted by Crippen LogP contribution is -2.16. The number of rotatable bonds is 8. The third-order valence-corrected chi connectivity index (χ3v) is 4.04. The molecule has 0 aliphatic rings. The van der Waals surface area contributed by atoms with Gasteiger partial charge >= 0.3 is 0 Å². The smallest absolute Gasteiger partial charge is 0.146 e. The van der Waals surface area contributed by atoms with Crippen molar-refractivity contribution in [1.82, 2.24) is 0 Å². The summed E-state index contributed by atoms with van der Waals surface area (Å²) < 4.78 is 0. The van der Waals surface area contributed by atoms with Crippen molar-refractivity contribution in [1.29, 1.82) is 0 Å². The van der Waals surface area contributed by atoms with E-state index in [1.54, 1.807) is 11.8 Å². The molecule has 0 saturated heterocycles. The maximum Gasteiger partial charge on any atom is 0.146 e. The second kappa shape index (κ2) is 8.35. The molecule has 0 amide bonds. The second-order valence-electron chi connectivity index (χ2n) is 4.28. The molecular weight excluding hydrogens is 228 g/mol. The first-order chi connectivity index (χ1) is 8.27. The zero-order valence-corrected chi connectivity index (χ0v) is 11.6. The summed E-state index contributed by atoms with van der Waals surface area (Å²) in [4.78, 5) is 13.3. The summed E-state index contributed by atoms with van der Waals surface area (Å²) >= 11 is 1.72. The first-order valence-corrected chi connectivity index (χ1v) is 7.40. The molecule has 0 bridgehead atoms. The number of Topliss-reactive ketones (excluding diaryl/α,β-unsaturated/α-hetero) is 1. The minimum atomic E-state index is 0.147. The summed E-state index contributed by atoms with van der Waals surface area (Å²) in [5, 5.41) is 0.147. The molecule has 94 valence electrons. The largest absolute Gasteiger partial charge is 0.298 e. The number of thioether (sulfide) groups is 1. The zero-order valence-electron chi connectivity index (χ0n) is 10.8. The standard InChI is InChI=1S/C15H22OS/c1-3-5-12-14(16)15(9-4-2)17-13-10-7-6-8-11-13/h6-8,10-11,15H,3-5,9,12H2,1-2H3. The Balaban J connectivity index is 2.56. The lowest BCUT2D eigenvalue weighted by atomic mass is 10.1. The Labute approximate surface area is 109 Å². The van der Waals surface area contributed by atoms with E-state index in [1.165, 1.54) is 4.90 Å². The van der Waals surface area contributed by atoms with Crippen LogP contribution < -0.4 is 0 Å². The van der Waals surface area contributed by atoms with Crippen molar-refractivity contribution < 1.29 is 4.79 Å². The Bertz CT molecular complexity index is 321. The Hall–Kier alpha value is -0.760. The molecule has 0 N–H and O–H groups in total. The summed E-state index contributed by atoms with van der Waals surface area (Å²) in [6, 6.07) is 10.2. The SMILES string of the molecule is CCCCC(=O)C(CCC)Sc1ccccc1. The van der Waals surface area contributed by atoms with Crippen LogP contribution in [0.5, 0.6) is 0 Å². The first-order valence-electron chi connectivity index (χ1n) is 6.52. The number of benzene rings is 1. The van der Waals surface area contributed by atoms with E-state index in [9.17, 15) is 4.79 Å². The zero-order chi connectivity index (χ0) is 12.5. The third kappa shape index (κ3) is 5.40.